The van der Waals surface area contributed by atoms with E-state index in [0.29, 0.717) is 28.8 Å². The highest BCUT2D eigenvalue weighted by molar-refractivity contribution is 9.10. The van der Waals surface area contributed by atoms with Gasteiger partial charge in [0.15, 0.2) is 0 Å². The summed E-state index contributed by atoms with van der Waals surface area (Å²) in [6.07, 6.45) is 1.78. The Balaban J connectivity index is 2.44. The number of ether oxygens (including phenoxy) is 1. The molecule has 0 heterocycles. The molecule has 5 nitrogen and oxygen atoms in total. The van der Waals surface area contributed by atoms with Crippen molar-refractivity contribution in [1.29, 1.82) is 0 Å². The molecule has 1 aliphatic rings. The Labute approximate surface area is 134 Å². The van der Waals surface area contributed by atoms with E-state index in [-0.39, 0.29) is 17.5 Å². The van der Waals surface area contributed by atoms with Gasteiger partial charge in [0.2, 0.25) is 10.0 Å². The molecule has 7 heteroatoms. The molecule has 0 aliphatic heterocycles. The van der Waals surface area contributed by atoms with E-state index in [0.717, 1.165) is 12.8 Å². The van der Waals surface area contributed by atoms with Crippen LogP contribution >= 0.6 is 15.9 Å². The highest BCUT2D eigenvalue weighted by Crippen LogP contribution is 2.34. The van der Waals surface area contributed by atoms with Crippen molar-refractivity contribution in [2.24, 2.45) is 0 Å². The first-order valence-corrected chi connectivity index (χ1v) is 9.05. The van der Waals surface area contributed by atoms with Crippen molar-refractivity contribution in [2.45, 2.75) is 37.3 Å². The van der Waals surface area contributed by atoms with Crippen LogP contribution in [-0.4, -0.2) is 44.1 Å². The van der Waals surface area contributed by atoms with Gasteiger partial charge in [-0.3, -0.25) is 0 Å². The van der Waals surface area contributed by atoms with E-state index >= 15 is 0 Å². The molecular formula is C14H20BrNO4S. The van der Waals surface area contributed by atoms with E-state index in [1.165, 1.54) is 4.31 Å². The molecule has 1 aromatic rings. The van der Waals surface area contributed by atoms with Crippen LogP contribution in [0.4, 0.5) is 0 Å². The molecule has 0 radical (unpaired) electrons. The first-order chi connectivity index (χ1) is 9.91. The fourth-order valence-corrected chi connectivity index (χ4v) is 4.84. The third kappa shape index (κ3) is 3.65. The summed E-state index contributed by atoms with van der Waals surface area (Å²) in [5.74, 6) is 0. The number of halogens is 1. The summed E-state index contributed by atoms with van der Waals surface area (Å²) < 4.78 is 33.1. The monoisotopic (exact) mass is 377 g/mol. The van der Waals surface area contributed by atoms with Crippen LogP contribution in [-0.2, 0) is 21.4 Å². The highest BCUT2D eigenvalue weighted by Gasteiger charge is 2.38. The summed E-state index contributed by atoms with van der Waals surface area (Å²) in [7, 11) is -2.02. The van der Waals surface area contributed by atoms with Gasteiger partial charge < -0.3 is 9.84 Å². The quantitative estimate of drug-likeness (QED) is 0.789. The van der Waals surface area contributed by atoms with Crippen molar-refractivity contribution in [1.82, 2.24) is 4.31 Å². The number of hydrogen-bond acceptors (Lipinski definition) is 4. The second kappa shape index (κ2) is 6.75. The molecule has 0 aromatic heterocycles. The molecule has 1 saturated carbocycles. The van der Waals surface area contributed by atoms with Crippen molar-refractivity contribution >= 4 is 26.0 Å². The Kier molecular flexibility index (Phi) is 5.43. The lowest BCUT2D eigenvalue weighted by Crippen LogP contribution is -2.36. The summed E-state index contributed by atoms with van der Waals surface area (Å²) >= 11 is 3.37. The fourth-order valence-electron chi connectivity index (χ4n) is 2.24. The van der Waals surface area contributed by atoms with Crippen LogP contribution in [0.2, 0.25) is 0 Å². The van der Waals surface area contributed by atoms with Crippen molar-refractivity contribution in [2.75, 3.05) is 20.3 Å². The molecule has 0 spiro atoms. The number of methoxy groups -OCH3 is 1. The summed E-state index contributed by atoms with van der Waals surface area (Å²) in [5, 5.41) is 9.30. The smallest absolute Gasteiger partial charge is 0.243 e. The molecule has 0 atom stereocenters. The third-order valence-electron chi connectivity index (χ3n) is 3.60. The minimum Gasteiger partial charge on any atom is -0.392 e. The molecule has 118 valence electrons. The lowest BCUT2D eigenvalue weighted by atomic mass is 10.2. The molecule has 0 bridgehead atoms. The maximum atomic E-state index is 12.9. The lowest BCUT2D eigenvalue weighted by Gasteiger charge is -2.23. The number of nitrogens with zero attached hydrogens (tertiary/aromatic N) is 1. The largest absolute Gasteiger partial charge is 0.392 e. The maximum absolute atomic E-state index is 12.9. The van der Waals surface area contributed by atoms with E-state index in [9.17, 15) is 13.5 Å². The van der Waals surface area contributed by atoms with E-state index in [1.54, 1.807) is 26.2 Å². The highest BCUT2D eigenvalue weighted by atomic mass is 79.9. The zero-order valence-corrected chi connectivity index (χ0v) is 14.6. The SMILES string of the molecule is COCCN(C1CC1)S(=O)(=O)c1cc(CO)cc(Br)c1C. The average molecular weight is 378 g/mol. The standard InChI is InChI=1S/C14H20BrNO4S/c1-10-13(15)7-11(9-17)8-14(10)21(18,19)16(5-6-20-2)12-3-4-12/h7-8,12,17H,3-6,9H2,1-2H3. The number of aliphatic hydroxyl groups is 1. The summed E-state index contributed by atoms with van der Waals surface area (Å²) in [4.78, 5) is 0.254. The summed E-state index contributed by atoms with van der Waals surface area (Å²) in [6, 6.07) is 3.36. The van der Waals surface area contributed by atoms with Gasteiger partial charge in [-0.2, -0.15) is 4.31 Å². The molecule has 21 heavy (non-hydrogen) atoms. The Morgan fingerprint density at radius 3 is 2.62 bits per heavy atom. The Bertz CT molecular complexity index is 614. The summed E-state index contributed by atoms with van der Waals surface area (Å²) in [5.41, 5.74) is 1.24. The van der Waals surface area contributed by atoms with Gasteiger partial charge in [0, 0.05) is 24.2 Å². The van der Waals surface area contributed by atoms with E-state index in [4.69, 9.17) is 4.74 Å². The fraction of sp³-hybridized carbons (Fsp3) is 0.571. The van der Waals surface area contributed by atoms with Gasteiger partial charge in [-0.15, -0.1) is 0 Å². The predicted octanol–water partition coefficient (Wildman–Crippen LogP) is 2.05. The van der Waals surface area contributed by atoms with Crippen LogP contribution in [0.3, 0.4) is 0 Å². The van der Waals surface area contributed by atoms with Crippen LogP contribution < -0.4 is 0 Å². The zero-order chi connectivity index (χ0) is 15.6. The number of hydrogen-bond donors (Lipinski definition) is 1. The summed E-state index contributed by atoms with van der Waals surface area (Å²) in [6.45, 7) is 2.29. The van der Waals surface area contributed by atoms with E-state index < -0.39 is 10.0 Å². The normalized spacial score (nSPS) is 15.7. The van der Waals surface area contributed by atoms with Gasteiger partial charge in [-0.25, -0.2) is 8.42 Å². The van der Waals surface area contributed by atoms with Gasteiger partial charge >= 0.3 is 0 Å². The number of aliphatic hydroxyl groups excluding tert-OH is 1. The minimum absolute atomic E-state index is 0.0705. The lowest BCUT2D eigenvalue weighted by molar-refractivity contribution is 0.177. The molecule has 0 unspecified atom stereocenters. The molecular weight excluding hydrogens is 358 g/mol. The second-order valence-electron chi connectivity index (χ2n) is 5.20. The average Bonchev–Trinajstić information content (AvgIpc) is 3.26. The van der Waals surface area contributed by atoms with Crippen LogP contribution in [0.15, 0.2) is 21.5 Å². The molecule has 0 saturated heterocycles. The van der Waals surface area contributed by atoms with Crippen molar-refractivity contribution in [3.8, 4) is 0 Å². The van der Waals surface area contributed by atoms with E-state index in [2.05, 4.69) is 15.9 Å². The number of benzene rings is 1. The van der Waals surface area contributed by atoms with Gasteiger partial charge in [0.1, 0.15) is 0 Å². The molecule has 0 amide bonds. The third-order valence-corrected chi connectivity index (χ3v) is 6.50. The van der Waals surface area contributed by atoms with Crippen LogP contribution in [0.1, 0.15) is 24.0 Å². The Morgan fingerprint density at radius 2 is 2.10 bits per heavy atom. The number of rotatable bonds is 7. The molecule has 1 aromatic carbocycles. The number of sulfonamides is 1. The van der Waals surface area contributed by atoms with Gasteiger partial charge in [-0.1, -0.05) is 15.9 Å². The van der Waals surface area contributed by atoms with E-state index in [1.807, 2.05) is 0 Å². The first kappa shape index (κ1) is 16.9. The van der Waals surface area contributed by atoms with Crippen LogP contribution in [0, 0.1) is 6.92 Å². The predicted molar refractivity (Wildman–Crippen MR) is 83.6 cm³/mol. The minimum atomic E-state index is -3.58. The zero-order valence-electron chi connectivity index (χ0n) is 12.2. The molecule has 1 N–H and O–H groups in total. The van der Waals surface area contributed by atoms with Crippen LogP contribution in [0.5, 0.6) is 0 Å². The van der Waals surface area contributed by atoms with Crippen LogP contribution in [0.25, 0.3) is 0 Å². The molecule has 1 fully saturated rings. The van der Waals surface area contributed by atoms with Crippen molar-refractivity contribution in [3.63, 3.8) is 0 Å². The maximum Gasteiger partial charge on any atom is 0.243 e. The molecule has 1 aliphatic carbocycles. The van der Waals surface area contributed by atoms with Gasteiger partial charge in [-0.05, 0) is 43.0 Å². The topological polar surface area (TPSA) is 66.8 Å². The Hall–Kier alpha value is -0.470. The Morgan fingerprint density at radius 1 is 1.43 bits per heavy atom. The first-order valence-electron chi connectivity index (χ1n) is 6.82. The van der Waals surface area contributed by atoms with Gasteiger partial charge in [0.05, 0.1) is 18.1 Å². The van der Waals surface area contributed by atoms with Gasteiger partial charge in [0.25, 0.3) is 0 Å². The second-order valence-corrected chi connectivity index (χ2v) is 7.91. The van der Waals surface area contributed by atoms with Crippen molar-refractivity contribution < 1.29 is 18.3 Å². The molecule has 2 rings (SSSR count). The van der Waals surface area contributed by atoms with Crippen molar-refractivity contribution in [3.05, 3.63) is 27.7 Å².